The average molecular weight is 427 g/mol. The Morgan fingerprint density at radius 1 is 0.968 bits per heavy atom. The van der Waals surface area contributed by atoms with Gasteiger partial charge in [-0.2, -0.15) is 0 Å². The van der Waals surface area contributed by atoms with Crippen molar-refractivity contribution in [3.63, 3.8) is 0 Å². The van der Waals surface area contributed by atoms with Crippen LogP contribution in [0.3, 0.4) is 0 Å². The number of thioether (sulfide) groups is 1. The van der Waals surface area contributed by atoms with Gasteiger partial charge in [-0.15, -0.1) is 10.2 Å². The van der Waals surface area contributed by atoms with Gasteiger partial charge in [0.2, 0.25) is 0 Å². The topological polar surface area (TPSA) is 69.4 Å². The lowest BCUT2D eigenvalue weighted by Gasteiger charge is -2.16. The summed E-state index contributed by atoms with van der Waals surface area (Å²) in [6.45, 7) is 0. The first-order chi connectivity index (χ1) is 15.3. The van der Waals surface area contributed by atoms with Crippen LogP contribution in [0.15, 0.2) is 84.1 Å². The Labute approximate surface area is 182 Å². The van der Waals surface area contributed by atoms with Gasteiger partial charge >= 0.3 is 5.97 Å². The normalized spacial score (nSPS) is 11.1. The van der Waals surface area contributed by atoms with Crippen molar-refractivity contribution in [3.05, 3.63) is 90.3 Å². The molecule has 0 aliphatic heterocycles. The number of para-hydroxylation sites is 1. The van der Waals surface area contributed by atoms with Crippen molar-refractivity contribution in [1.29, 1.82) is 0 Å². The first-order valence-corrected chi connectivity index (χ1v) is 10.7. The Balaban J connectivity index is 1.67. The van der Waals surface area contributed by atoms with Gasteiger partial charge < -0.3 is 4.74 Å². The zero-order valence-corrected chi connectivity index (χ0v) is 17.5. The second kappa shape index (κ2) is 8.20. The summed E-state index contributed by atoms with van der Waals surface area (Å²) < 4.78 is 7.09. The van der Waals surface area contributed by atoms with Crippen LogP contribution in [0.1, 0.15) is 16.1 Å². The average Bonchev–Trinajstić information content (AvgIpc) is 3.25. The van der Waals surface area contributed by atoms with Crippen LogP contribution in [0.2, 0.25) is 0 Å². The van der Waals surface area contributed by atoms with Crippen LogP contribution >= 0.6 is 11.8 Å². The summed E-state index contributed by atoms with van der Waals surface area (Å²) >= 11 is 1.48. The van der Waals surface area contributed by atoms with Gasteiger partial charge in [0.25, 0.3) is 0 Å². The van der Waals surface area contributed by atoms with Crippen LogP contribution in [-0.2, 0) is 10.5 Å². The van der Waals surface area contributed by atoms with Gasteiger partial charge in [0.1, 0.15) is 0 Å². The van der Waals surface area contributed by atoms with Crippen molar-refractivity contribution < 1.29 is 9.53 Å². The molecule has 0 aliphatic carbocycles. The maximum absolute atomic E-state index is 12.9. The Kier molecular flexibility index (Phi) is 5.09. The number of aromatic nitrogens is 4. The largest absolute Gasteiger partial charge is 0.465 e. The van der Waals surface area contributed by atoms with Crippen LogP contribution in [0, 0.1) is 0 Å². The minimum Gasteiger partial charge on any atom is -0.465 e. The van der Waals surface area contributed by atoms with Gasteiger partial charge in [-0.25, -0.2) is 4.79 Å². The maximum atomic E-state index is 12.9. The number of hydrogen-bond acceptors (Lipinski definition) is 6. The molecule has 152 valence electrons. The molecular formula is C24H18N4O2S. The number of nitrogens with zero attached hydrogens (tertiary/aromatic N) is 4. The molecular weight excluding hydrogens is 408 g/mol. The fourth-order valence-electron chi connectivity index (χ4n) is 3.64. The molecule has 0 aliphatic rings. The highest BCUT2D eigenvalue weighted by molar-refractivity contribution is 7.98. The molecule has 31 heavy (non-hydrogen) atoms. The molecule has 0 radical (unpaired) electrons. The van der Waals surface area contributed by atoms with E-state index < -0.39 is 5.97 Å². The third-order valence-electron chi connectivity index (χ3n) is 5.04. The SMILES string of the molecule is COC(=O)c1c(CSc2nnc3ccccn23)nc2ccccc2c1-c1ccccc1. The second-order valence-electron chi connectivity index (χ2n) is 6.88. The molecule has 0 unspecified atom stereocenters. The molecule has 0 bridgehead atoms. The summed E-state index contributed by atoms with van der Waals surface area (Å²) in [6, 6.07) is 23.5. The lowest BCUT2D eigenvalue weighted by atomic mass is 9.94. The maximum Gasteiger partial charge on any atom is 0.340 e. The van der Waals surface area contributed by atoms with Gasteiger partial charge in [-0.3, -0.25) is 9.38 Å². The number of hydrogen-bond donors (Lipinski definition) is 0. The highest BCUT2D eigenvalue weighted by Gasteiger charge is 2.23. The summed E-state index contributed by atoms with van der Waals surface area (Å²) in [6.07, 6.45) is 1.92. The van der Waals surface area contributed by atoms with E-state index in [0.717, 1.165) is 32.8 Å². The van der Waals surface area contributed by atoms with Crippen LogP contribution in [0.25, 0.3) is 27.7 Å². The van der Waals surface area contributed by atoms with Gasteiger partial charge in [-0.05, 0) is 23.8 Å². The minimum absolute atomic E-state index is 0.404. The Bertz CT molecular complexity index is 1400. The predicted octanol–water partition coefficient (Wildman–Crippen LogP) is 5.02. The van der Waals surface area contributed by atoms with Crippen molar-refractivity contribution in [2.75, 3.05) is 7.11 Å². The first-order valence-electron chi connectivity index (χ1n) is 9.74. The van der Waals surface area contributed by atoms with E-state index in [4.69, 9.17) is 9.72 Å². The molecule has 0 fully saturated rings. The van der Waals surface area contributed by atoms with Crippen molar-refractivity contribution in [3.8, 4) is 11.1 Å². The molecule has 3 aromatic heterocycles. The van der Waals surface area contributed by atoms with E-state index in [0.29, 0.717) is 17.0 Å². The smallest absolute Gasteiger partial charge is 0.340 e. The fourth-order valence-corrected chi connectivity index (χ4v) is 4.51. The highest BCUT2D eigenvalue weighted by atomic mass is 32.2. The third kappa shape index (κ3) is 3.53. The molecule has 7 heteroatoms. The van der Waals surface area contributed by atoms with E-state index >= 15 is 0 Å². The molecule has 3 heterocycles. The van der Waals surface area contributed by atoms with E-state index in [1.165, 1.54) is 18.9 Å². The first kappa shape index (κ1) is 19.3. The molecule has 6 nitrogen and oxygen atoms in total. The molecule has 0 atom stereocenters. The van der Waals surface area contributed by atoms with Crippen LogP contribution in [0.4, 0.5) is 0 Å². The summed E-state index contributed by atoms with van der Waals surface area (Å²) in [5.41, 5.74) is 4.52. The molecule has 0 saturated heterocycles. The monoisotopic (exact) mass is 426 g/mol. The zero-order valence-electron chi connectivity index (χ0n) is 16.7. The van der Waals surface area contributed by atoms with Gasteiger partial charge in [0, 0.05) is 22.9 Å². The number of methoxy groups -OCH3 is 1. The van der Waals surface area contributed by atoms with Crippen LogP contribution in [-0.4, -0.2) is 32.7 Å². The summed E-state index contributed by atoms with van der Waals surface area (Å²) in [5.74, 6) is 0.0453. The molecule has 0 amide bonds. The number of pyridine rings is 2. The van der Waals surface area contributed by atoms with E-state index in [9.17, 15) is 4.79 Å². The van der Waals surface area contributed by atoms with Crippen LogP contribution < -0.4 is 0 Å². The standard InChI is InChI=1S/C24H18N4O2S/c1-30-23(29)22-19(15-31-24-27-26-20-13-7-8-14-28(20)24)25-18-12-6-5-11-17(18)21(22)16-9-3-2-4-10-16/h2-14H,15H2,1H3. The lowest BCUT2D eigenvalue weighted by Crippen LogP contribution is -2.10. The highest BCUT2D eigenvalue weighted by Crippen LogP contribution is 2.35. The fraction of sp³-hybridized carbons (Fsp3) is 0.0833. The van der Waals surface area contributed by atoms with Crippen molar-refractivity contribution in [1.82, 2.24) is 19.6 Å². The number of benzene rings is 2. The number of ether oxygens (including phenoxy) is 1. The van der Waals surface area contributed by atoms with Crippen LogP contribution in [0.5, 0.6) is 0 Å². The van der Waals surface area contributed by atoms with E-state index in [1.807, 2.05) is 83.4 Å². The van der Waals surface area contributed by atoms with Crippen molar-refractivity contribution in [2.24, 2.45) is 0 Å². The van der Waals surface area contributed by atoms with Gasteiger partial charge in [-0.1, -0.05) is 66.4 Å². The predicted molar refractivity (Wildman–Crippen MR) is 121 cm³/mol. The number of carbonyl (C=O) groups excluding carboxylic acids is 1. The minimum atomic E-state index is -0.404. The summed E-state index contributed by atoms with van der Waals surface area (Å²) in [7, 11) is 1.40. The summed E-state index contributed by atoms with van der Waals surface area (Å²) in [4.78, 5) is 17.8. The van der Waals surface area contributed by atoms with E-state index in [1.54, 1.807) is 0 Å². The molecule has 2 aromatic carbocycles. The van der Waals surface area contributed by atoms with Gasteiger partial charge in [0.15, 0.2) is 10.8 Å². The number of rotatable bonds is 5. The second-order valence-corrected chi connectivity index (χ2v) is 7.83. The number of esters is 1. The quantitative estimate of drug-likeness (QED) is 0.290. The molecule has 0 spiro atoms. The van der Waals surface area contributed by atoms with Crippen molar-refractivity contribution >= 4 is 34.3 Å². The van der Waals surface area contributed by atoms with E-state index in [2.05, 4.69) is 10.2 Å². The number of fused-ring (bicyclic) bond motifs is 2. The third-order valence-corrected chi connectivity index (χ3v) is 5.99. The zero-order chi connectivity index (χ0) is 21.2. The Morgan fingerprint density at radius 2 is 1.74 bits per heavy atom. The number of carbonyl (C=O) groups is 1. The van der Waals surface area contributed by atoms with Gasteiger partial charge in [0.05, 0.1) is 23.9 Å². The Hall–Kier alpha value is -3.71. The molecule has 0 N–H and O–H groups in total. The molecule has 0 saturated carbocycles. The summed E-state index contributed by atoms with van der Waals surface area (Å²) in [5, 5.41) is 10.1. The van der Waals surface area contributed by atoms with E-state index in [-0.39, 0.29) is 0 Å². The molecule has 5 aromatic rings. The van der Waals surface area contributed by atoms with Crippen molar-refractivity contribution in [2.45, 2.75) is 10.9 Å². The molecule has 5 rings (SSSR count). The Morgan fingerprint density at radius 3 is 2.58 bits per heavy atom. The lowest BCUT2D eigenvalue weighted by molar-refractivity contribution is 0.0600.